The van der Waals surface area contributed by atoms with Crippen molar-refractivity contribution in [2.24, 2.45) is 0 Å². The van der Waals surface area contributed by atoms with Crippen molar-refractivity contribution in [3.8, 4) is 0 Å². The molecule has 0 radical (unpaired) electrons. The van der Waals surface area contributed by atoms with Crippen LogP contribution in [0.4, 0.5) is 0 Å². The highest BCUT2D eigenvalue weighted by Gasteiger charge is 2.50. The molecule has 1 N–H and O–H groups in total. The quantitative estimate of drug-likeness (QED) is 0.603. The van der Waals surface area contributed by atoms with E-state index in [1.54, 1.807) is 0 Å². The number of nitrogens with one attached hydrogen (secondary N) is 1. The first-order valence-corrected chi connectivity index (χ1v) is 10.6. The second kappa shape index (κ2) is 7.57. The summed E-state index contributed by atoms with van der Waals surface area (Å²) < 4.78 is 1.81. The summed E-state index contributed by atoms with van der Waals surface area (Å²) in [6, 6.07) is 0.296. The summed E-state index contributed by atoms with van der Waals surface area (Å²) in [4.78, 5) is 39.0. The van der Waals surface area contributed by atoms with Gasteiger partial charge in [0.2, 0.25) is 17.0 Å². The van der Waals surface area contributed by atoms with Crippen molar-refractivity contribution in [2.45, 2.75) is 74.5 Å². The monoisotopic (exact) mass is 392 g/mol. The average Bonchev–Trinajstić information content (AvgIpc) is 3.34. The smallest absolute Gasteiger partial charge is 0.252 e. The van der Waals surface area contributed by atoms with Crippen LogP contribution in [0.3, 0.4) is 0 Å². The molecule has 2 heterocycles. The zero-order valence-corrected chi connectivity index (χ0v) is 16.0. The van der Waals surface area contributed by atoms with Crippen LogP contribution in [-0.2, 0) is 14.4 Å². The van der Waals surface area contributed by atoms with Gasteiger partial charge in [-0.1, -0.05) is 43.9 Å². The number of hydrogen-bond donors (Lipinski definition) is 1. The standard InChI is InChI=1S/C17H24N6O3S/c24-13-10-22(17(15(26)18-13)8-4-1-5-9-17)14(25)11-27-16-19-20-21-23(16)12-6-2-3-7-12/h12H,1-11H2,(H,18,24,26). The number of carbonyl (C=O) groups excluding carboxylic acids is 3. The number of hydrogen-bond acceptors (Lipinski definition) is 7. The fraction of sp³-hybridized carbons (Fsp3) is 0.765. The van der Waals surface area contributed by atoms with Crippen molar-refractivity contribution in [2.75, 3.05) is 12.3 Å². The Balaban J connectivity index is 1.47. The molecule has 1 aromatic heterocycles. The summed E-state index contributed by atoms with van der Waals surface area (Å²) in [5.74, 6) is -0.820. The minimum absolute atomic E-state index is 0.0568. The van der Waals surface area contributed by atoms with Crippen LogP contribution in [0.1, 0.15) is 63.8 Å². The minimum atomic E-state index is -0.874. The molecular formula is C17H24N6O3S. The van der Waals surface area contributed by atoms with Crippen molar-refractivity contribution >= 4 is 29.5 Å². The van der Waals surface area contributed by atoms with E-state index in [4.69, 9.17) is 0 Å². The zero-order valence-electron chi connectivity index (χ0n) is 15.2. The molecule has 1 spiro atoms. The van der Waals surface area contributed by atoms with Crippen LogP contribution in [0.25, 0.3) is 0 Å². The number of tetrazole rings is 1. The summed E-state index contributed by atoms with van der Waals surface area (Å²) in [6.07, 6.45) is 8.49. The number of nitrogens with zero attached hydrogens (tertiary/aromatic N) is 5. The summed E-state index contributed by atoms with van der Waals surface area (Å²) in [6.45, 7) is -0.0568. The third-order valence-corrected chi connectivity index (χ3v) is 6.85. The Morgan fingerprint density at radius 2 is 1.89 bits per heavy atom. The molecule has 0 unspecified atom stereocenters. The first-order chi connectivity index (χ1) is 13.1. The van der Waals surface area contributed by atoms with E-state index in [-0.39, 0.29) is 24.1 Å². The number of piperazine rings is 1. The van der Waals surface area contributed by atoms with Crippen LogP contribution in [0, 0.1) is 0 Å². The molecule has 0 atom stereocenters. The van der Waals surface area contributed by atoms with Gasteiger partial charge in [0, 0.05) is 0 Å². The third kappa shape index (κ3) is 3.46. The highest BCUT2D eigenvalue weighted by atomic mass is 32.2. The molecule has 3 amide bonds. The largest absolute Gasteiger partial charge is 0.318 e. The van der Waals surface area contributed by atoms with Gasteiger partial charge in [-0.2, -0.15) is 0 Å². The molecule has 3 aliphatic rings. The third-order valence-electron chi connectivity index (χ3n) is 5.93. The number of amides is 3. The van der Waals surface area contributed by atoms with Crippen molar-refractivity contribution < 1.29 is 14.4 Å². The molecule has 1 aliphatic heterocycles. The average molecular weight is 392 g/mol. The summed E-state index contributed by atoms with van der Waals surface area (Å²) in [5.41, 5.74) is -0.874. The molecule has 0 aromatic carbocycles. The topological polar surface area (TPSA) is 110 Å². The maximum atomic E-state index is 13.0. The molecule has 4 rings (SSSR count). The molecule has 27 heavy (non-hydrogen) atoms. The van der Waals surface area contributed by atoms with Gasteiger partial charge in [0.1, 0.15) is 12.1 Å². The fourth-order valence-corrected chi connectivity index (χ4v) is 5.34. The zero-order chi connectivity index (χ0) is 18.9. The Bertz CT molecular complexity index is 739. The molecule has 1 aromatic rings. The van der Waals surface area contributed by atoms with Crippen molar-refractivity contribution in [3.05, 3.63) is 0 Å². The van der Waals surface area contributed by atoms with E-state index in [1.807, 2.05) is 4.68 Å². The minimum Gasteiger partial charge on any atom is -0.318 e. The SMILES string of the molecule is O=C1CN(C(=O)CSc2nnnn2C2CCCC2)C2(CCCCC2)C(=O)N1. The highest BCUT2D eigenvalue weighted by molar-refractivity contribution is 7.99. The van der Waals surface area contributed by atoms with Gasteiger partial charge in [-0.3, -0.25) is 19.7 Å². The van der Waals surface area contributed by atoms with E-state index in [1.165, 1.54) is 29.5 Å². The van der Waals surface area contributed by atoms with Crippen LogP contribution in [0.15, 0.2) is 5.16 Å². The lowest BCUT2D eigenvalue weighted by Gasteiger charge is -2.47. The molecule has 10 heteroatoms. The Morgan fingerprint density at radius 3 is 2.63 bits per heavy atom. The molecule has 9 nitrogen and oxygen atoms in total. The lowest BCUT2D eigenvalue weighted by atomic mass is 9.78. The van der Waals surface area contributed by atoms with Crippen LogP contribution < -0.4 is 5.32 Å². The summed E-state index contributed by atoms with van der Waals surface area (Å²) >= 11 is 1.28. The van der Waals surface area contributed by atoms with E-state index in [0.29, 0.717) is 24.0 Å². The Labute approximate surface area is 161 Å². The highest BCUT2D eigenvalue weighted by Crippen LogP contribution is 2.36. The first-order valence-electron chi connectivity index (χ1n) is 9.65. The molecule has 0 bridgehead atoms. The second-order valence-electron chi connectivity index (χ2n) is 7.58. The number of thioether (sulfide) groups is 1. The fourth-order valence-electron chi connectivity index (χ4n) is 4.52. The summed E-state index contributed by atoms with van der Waals surface area (Å²) in [5, 5.41) is 15.0. The van der Waals surface area contributed by atoms with Crippen molar-refractivity contribution in [1.29, 1.82) is 0 Å². The maximum absolute atomic E-state index is 13.0. The second-order valence-corrected chi connectivity index (χ2v) is 8.52. The van der Waals surface area contributed by atoms with Crippen molar-refractivity contribution in [1.82, 2.24) is 30.4 Å². The van der Waals surface area contributed by atoms with Gasteiger partial charge in [-0.05, 0) is 36.1 Å². The molecule has 146 valence electrons. The molecule has 2 saturated carbocycles. The van der Waals surface area contributed by atoms with Gasteiger partial charge < -0.3 is 4.90 Å². The Kier molecular flexibility index (Phi) is 5.16. The van der Waals surface area contributed by atoms with Gasteiger partial charge in [0.25, 0.3) is 5.91 Å². The number of aromatic nitrogens is 4. The van der Waals surface area contributed by atoms with Crippen LogP contribution in [-0.4, -0.2) is 60.7 Å². The molecule has 1 saturated heterocycles. The van der Waals surface area contributed by atoms with E-state index in [9.17, 15) is 14.4 Å². The van der Waals surface area contributed by atoms with E-state index < -0.39 is 11.4 Å². The molecule has 2 aliphatic carbocycles. The summed E-state index contributed by atoms with van der Waals surface area (Å²) in [7, 11) is 0. The van der Waals surface area contributed by atoms with E-state index >= 15 is 0 Å². The molecular weight excluding hydrogens is 368 g/mol. The number of carbonyl (C=O) groups is 3. The van der Waals surface area contributed by atoms with Gasteiger partial charge in [-0.15, -0.1) is 5.10 Å². The van der Waals surface area contributed by atoms with Crippen LogP contribution in [0.2, 0.25) is 0 Å². The Hall–Kier alpha value is -1.97. The maximum Gasteiger partial charge on any atom is 0.252 e. The van der Waals surface area contributed by atoms with Crippen LogP contribution in [0.5, 0.6) is 0 Å². The normalized spacial score (nSPS) is 23.0. The van der Waals surface area contributed by atoms with E-state index in [0.717, 1.165) is 32.1 Å². The lowest BCUT2D eigenvalue weighted by molar-refractivity contribution is -0.158. The van der Waals surface area contributed by atoms with Crippen molar-refractivity contribution in [3.63, 3.8) is 0 Å². The number of imide groups is 1. The van der Waals surface area contributed by atoms with Gasteiger partial charge in [-0.25, -0.2) is 4.68 Å². The predicted molar refractivity (Wildman–Crippen MR) is 96.7 cm³/mol. The van der Waals surface area contributed by atoms with E-state index in [2.05, 4.69) is 20.8 Å². The lowest BCUT2D eigenvalue weighted by Crippen LogP contribution is -2.69. The van der Waals surface area contributed by atoms with Gasteiger partial charge >= 0.3 is 0 Å². The predicted octanol–water partition coefficient (Wildman–Crippen LogP) is 1.07. The van der Waals surface area contributed by atoms with Gasteiger partial charge in [0.15, 0.2) is 0 Å². The van der Waals surface area contributed by atoms with Crippen LogP contribution >= 0.6 is 11.8 Å². The Morgan fingerprint density at radius 1 is 1.15 bits per heavy atom. The molecule has 3 fully saturated rings. The first kappa shape index (κ1) is 18.4. The number of rotatable bonds is 4. The van der Waals surface area contributed by atoms with Gasteiger partial charge in [0.05, 0.1) is 11.8 Å².